The van der Waals surface area contributed by atoms with Crippen LogP contribution in [0.15, 0.2) is 46.1 Å². The molecule has 0 unspecified atom stereocenters. The Bertz CT molecular complexity index is 980. The molecule has 0 saturated carbocycles. The molecular formula is C16H16N4O2. The Hall–Kier alpha value is -2.60. The van der Waals surface area contributed by atoms with E-state index < -0.39 is 5.69 Å². The molecule has 22 heavy (non-hydrogen) atoms. The van der Waals surface area contributed by atoms with Crippen LogP contribution in [0.5, 0.6) is 0 Å². The second-order valence-electron chi connectivity index (χ2n) is 5.75. The first-order valence-electron chi connectivity index (χ1n) is 7.25. The highest BCUT2D eigenvalue weighted by Gasteiger charge is 2.16. The van der Waals surface area contributed by atoms with E-state index in [9.17, 15) is 9.59 Å². The van der Waals surface area contributed by atoms with Crippen molar-refractivity contribution >= 4 is 10.9 Å². The molecule has 4 rings (SSSR count). The third kappa shape index (κ3) is 2.00. The van der Waals surface area contributed by atoms with E-state index in [0.717, 1.165) is 30.8 Å². The van der Waals surface area contributed by atoms with Crippen LogP contribution in [0, 0.1) is 0 Å². The zero-order chi connectivity index (χ0) is 15.3. The second-order valence-corrected chi connectivity index (χ2v) is 5.75. The van der Waals surface area contributed by atoms with Gasteiger partial charge in [-0.3, -0.25) is 19.2 Å². The third-order valence-electron chi connectivity index (χ3n) is 4.21. The summed E-state index contributed by atoms with van der Waals surface area (Å²) in [4.78, 5) is 27.7. The molecule has 3 aromatic rings. The van der Waals surface area contributed by atoms with Gasteiger partial charge in [-0.1, -0.05) is 6.07 Å². The lowest BCUT2D eigenvalue weighted by Crippen LogP contribution is -2.30. The fourth-order valence-corrected chi connectivity index (χ4v) is 3.09. The molecule has 0 aliphatic carbocycles. The van der Waals surface area contributed by atoms with Gasteiger partial charge in [-0.2, -0.15) is 0 Å². The molecule has 1 aromatic carbocycles. The molecule has 6 heteroatoms. The van der Waals surface area contributed by atoms with E-state index >= 15 is 0 Å². The largest absolute Gasteiger partial charge is 0.342 e. The number of benzene rings is 1. The minimum absolute atomic E-state index is 0.384. The van der Waals surface area contributed by atoms with Gasteiger partial charge in [-0.15, -0.1) is 0 Å². The maximum atomic E-state index is 11.9. The van der Waals surface area contributed by atoms with E-state index in [1.165, 1.54) is 27.9 Å². The van der Waals surface area contributed by atoms with Gasteiger partial charge in [-0.25, -0.2) is 4.79 Å². The van der Waals surface area contributed by atoms with E-state index in [1.54, 1.807) is 0 Å². The molecule has 6 nitrogen and oxygen atoms in total. The maximum Gasteiger partial charge on any atom is 0.332 e. The molecule has 0 amide bonds. The highest BCUT2D eigenvalue weighted by atomic mass is 16.2. The number of nitrogens with one attached hydrogen (secondary N) is 1. The van der Waals surface area contributed by atoms with Crippen LogP contribution in [-0.4, -0.2) is 32.6 Å². The summed E-state index contributed by atoms with van der Waals surface area (Å²) in [6.07, 6.45) is 1.51. The van der Waals surface area contributed by atoms with Gasteiger partial charge in [0, 0.05) is 43.0 Å². The van der Waals surface area contributed by atoms with Crippen molar-refractivity contribution in [2.75, 3.05) is 13.6 Å². The number of aromatic amines is 1. The molecule has 1 N–H and O–H groups in total. The van der Waals surface area contributed by atoms with Crippen LogP contribution in [0.4, 0.5) is 0 Å². The highest BCUT2D eigenvalue weighted by Crippen LogP contribution is 2.25. The summed E-state index contributed by atoms with van der Waals surface area (Å²) in [6, 6.07) is 9.48. The van der Waals surface area contributed by atoms with Gasteiger partial charge in [0.25, 0.3) is 5.56 Å². The average molecular weight is 296 g/mol. The Morgan fingerprint density at radius 1 is 1.09 bits per heavy atom. The zero-order valence-electron chi connectivity index (χ0n) is 12.2. The quantitative estimate of drug-likeness (QED) is 0.726. The number of fused-ring (bicyclic) bond motifs is 3. The van der Waals surface area contributed by atoms with Crippen LogP contribution in [0.1, 0.15) is 5.69 Å². The van der Waals surface area contributed by atoms with Crippen LogP contribution in [0.25, 0.3) is 16.6 Å². The number of aromatic nitrogens is 3. The summed E-state index contributed by atoms with van der Waals surface area (Å²) in [5.41, 5.74) is 2.37. The van der Waals surface area contributed by atoms with Crippen molar-refractivity contribution in [1.29, 1.82) is 0 Å². The van der Waals surface area contributed by atoms with Crippen molar-refractivity contribution in [3.05, 3.63) is 63.1 Å². The number of hydrogen-bond acceptors (Lipinski definition) is 3. The number of hydrogen-bond donors (Lipinski definition) is 1. The lowest BCUT2D eigenvalue weighted by molar-refractivity contribution is 0.273. The van der Waals surface area contributed by atoms with Crippen LogP contribution in [-0.2, 0) is 13.1 Å². The smallest absolute Gasteiger partial charge is 0.332 e. The topological polar surface area (TPSA) is 63.0 Å². The van der Waals surface area contributed by atoms with Gasteiger partial charge < -0.3 is 4.57 Å². The normalized spacial score (nSPS) is 15.1. The van der Waals surface area contributed by atoms with E-state index in [4.69, 9.17) is 0 Å². The fraction of sp³-hybridized carbons (Fsp3) is 0.250. The zero-order valence-corrected chi connectivity index (χ0v) is 12.2. The fourth-order valence-electron chi connectivity index (χ4n) is 3.09. The van der Waals surface area contributed by atoms with Crippen molar-refractivity contribution in [2.45, 2.75) is 13.1 Å². The SMILES string of the molecule is CN1CCn2c(cc3ccc(-n4ccc(=O)[nH]c4=O)cc32)C1. The number of rotatable bonds is 1. The van der Waals surface area contributed by atoms with Gasteiger partial charge in [0.2, 0.25) is 0 Å². The number of H-pyrrole nitrogens is 1. The van der Waals surface area contributed by atoms with Crippen molar-refractivity contribution in [3.63, 3.8) is 0 Å². The third-order valence-corrected chi connectivity index (χ3v) is 4.21. The first-order chi connectivity index (χ1) is 10.6. The van der Waals surface area contributed by atoms with Gasteiger partial charge in [0.05, 0.1) is 11.2 Å². The molecule has 2 aromatic heterocycles. The molecule has 0 bridgehead atoms. The summed E-state index contributed by atoms with van der Waals surface area (Å²) < 4.78 is 3.76. The second kappa shape index (κ2) is 4.71. The van der Waals surface area contributed by atoms with E-state index in [0.29, 0.717) is 0 Å². The number of likely N-dealkylation sites (N-methyl/N-ethyl adjacent to an activating group) is 1. The molecule has 0 radical (unpaired) electrons. The summed E-state index contributed by atoms with van der Waals surface area (Å²) >= 11 is 0. The van der Waals surface area contributed by atoms with Crippen LogP contribution in [0.3, 0.4) is 0 Å². The van der Waals surface area contributed by atoms with Crippen LogP contribution < -0.4 is 11.2 Å². The van der Waals surface area contributed by atoms with Gasteiger partial charge in [0.1, 0.15) is 0 Å². The minimum Gasteiger partial charge on any atom is -0.342 e. The lowest BCUT2D eigenvalue weighted by Gasteiger charge is -2.25. The molecule has 0 atom stereocenters. The highest BCUT2D eigenvalue weighted by molar-refractivity contribution is 5.83. The number of nitrogens with zero attached hydrogens (tertiary/aromatic N) is 3. The minimum atomic E-state index is -0.419. The Kier molecular flexibility index (Phi) is 2.80. The van der Waals surface area contributed by atoms with Crippen LogP contribution in [0.2, 0.25) is 0 Å². The standard InChI is InChI=1S/C16H16N4O2/c1-18-6-7-19-13(10-18)8-11-2-3-12(9-14(11)19)20-5-4-15(21)17-16(20)22/h2-5,8-9H,6-7,10H2,1H3,(H,17,21,22). The summed E-state index contributed by atoms with van der Waals surface area (Å²) in [5, 5.41) is 1.17. The monoisotopic (exact) mass is 296 g/mol. The van der Waals surface area contributed by atoms with E-state index in [1.807, 2.05) is 18.2 Å². The molecule has 3 heterocycles. The van der Waals surface area contributed by atoms with Crippen molar-refractivity contribution in [2.24, 2.45) is 0 Å². The lowest BCUT2D eigenvalue weighted by atomic mass is 10.2. The van der Waals surface area contributed by atoms with Gasteiger partial charge in [-0.05, 0) is 25.2 Å². The van der Waals surface area contributed by atoms with Gasteiger partial charge >= 0.3 is 5.69 Å². The Labute approximate surface area is 126 Å². The predicted molar refractivity (Wildman–Crippen MR) is 84.5 cm³/mol. The average Bonchev–Trinajstić information content (AvgIpc) is 2.83. The molecule has 0 saturated heterocycles. The van der Waals surface area contributed by atoms with E-state index in [-0.39, 0.29) is 5.56 Å². The maximum absolute atomic E-state index is 11.9. The molecule has 0 fully saturated rings. The molecule has 1 aliphatic rings. The summed E-state index contributed by atoms with van der Waals surface area (Å²) in [6.45, 7) is 2.89. The first kappa shape index (κ1) is 13.1. The van der Waals surface area contributed by atoms with Crippen molar-refractivity contribution in [3.8, 4) is 5.69 Å². The predicted octanol–water partition coefficient (Wildman–Crippen LogP) is 0.926. The van der Waals surface area contributed by atoms with Crippen LogP contribution >= 0.6 is 0 Å². The van der Waals surface area contributed by atoms with Gasteiger partial charge in [0.15, 0.2) is 0 Å². The first-order valence-corrected chi connectivity index (χ1v) is 7.25. The Morgan fingerprint density at radius 2 is 1.95 bits per heavy atom. The molecule has 1 aliphatic heterocycles. The van der Waals surface area contributed by atoms with Crippen molar-refractivity contribution in [1.82, 2.24) is 19.0 Å². The molecule has 112 valence electrons. The Balaban J connectivity index is 1.90. The Morgan fingerprint density at radius 3 is 2.77 bits per heavy atom. The molecular weight excluding hydrogens is 280 g/mol. The summed E-state index contributed by atoms with van der Waals surface area (Å²) in [7, 11) is 2.12. The summed E-state index contributed by atoms with van der Waals surface area (Å²) in [5.74, 6) is 0. The van der Waals surface area contributed by atoms with E-state index in [2.05, 4.69) is 27.6 Å². The molecule has 0 spiro atoms. The van der Waals surface area contributed by atoms with Crippen molar-refractivity contribution < 1.29 is 0 Å².